The highest BCUT2D eigenvalue weighted by molar-refractivity contribution is 5.78. The van der Waals surface area contributed by atoms with Gasteiger partial charge in [0.05, 0.1) is 30.9 Å². The van der Waals surface area contributed by atoms with Crippen molar-refractivity contribution in [3.05, 3.63) is 36.2 Å². The van der Waals surface area contributed by atoms with E-state index in [-0.39, 0.29) is 5.82 Å². The van der Waals surface area contributed by atoms with Gasteiger partial charge in [-0.15, -0.1) is 0 Å². The van der Waals surface area contributed by atoms with Crippen molar-refractivity contribution in [3.8, 4) is 5.82 Å². The molecule has 0 unspecified atom stereocenters. The number of fused-ring (bicyclic) bond motifs is 1. The Morgan fingerprint density at radius 1 is 1.05 bits per heavy atom. The predicted octanol–water partition coefficient (Wildman–Crippen LogP) is 3.80. The number of methoxy groups -OCH3 is 1. The molecule has 3 heterocycles. The van der Waals surface area contributed by atoms with E-state index in [9.17, 15) is 8.78 Å². The fourth-order valence-electron chi connectivity index (χ4n) is 5.17. The Bertz CT molecular complexity index is 1160. The zero-order valence-corrected chi connectivity index (χ0v) is 21.2. The standard InChI is InChI=1S/C26H35F2N7O2/c1-36-13-10-29-19-8-6-18(7-9-19)17-30-26-32-22(34-11-14-37-15-12-34)16-23(33-26)35-21-5-3-2-4-20(21)31-25(35)24(27)28/h2-5,16,18-19,24,29H,6-15,17H2,1H3,(H,30,32,33)/t18-,19-. The van der Waals surface area contributed by atoms with Crippen molar-refractivity contribution < 1.29 is 18.3 Å². The van der Waals surface area contributed by atoms with E-state index in [0.29, 0.717) is 66.9 Å². The third kappa shape index (κ3) is 6.16. The average Bonchev–Trinajstić information content (AvgIpc) is 3.33. The van der Waals surface area contributed by atoms with Gasteiger partial charge in [-0.25, -0.2) is 13.8 Å². The fraction of sp³-hybridized carbons (Fsp3) is 0.577. The maximum Gasteiger partial charge on any atom is 0.296 e. The van der Waals surface area contributed by atoms with E-state index in [0.717, 1.165) is 45.4 Å². The zero-order chi connectivity index (χ0) is 25.6. The van der Waals surface area contributed by atoms with Crippen LogP contribution < -0.4 is 15.5 Å². The van der Waals surface area contributed by atoms with E-state index in [4.69, 9.17) is 19.4 Å². The molecule has 200 valence electrons. The van der Waals surface area contributed by atoms with Crippen LogP contribution in [0.1, 0.15) is 37.9 Å². The van der Waals surface area contributed by atoms with E-state index >= 15 is 0 Å². The summed E-state index contributed by atoms with van der Waals surface area (Å²) >= 11 is 0. The van der Waals surface area contributed by atoms with Crippen molar-refractivity contribution in [2.75, 3.05) is 63.3 Å². The molecule has 5 rings (SSSR count). The smallest absolute Gasteiger partial charge is 0.296 e. The maximum atomic E-state index is 14.0. The van der Waals surface area contributed by atoms with Gasteiger partial charge in [0.25, 0.3) is 6.43 Å². The topological polar surface area (TPSA) is 89.4 Å². The Labute approximate surface area is 215 Å². The lowest BCUT2D eigenvalue weighted by atomic mass is 9.86. The Morgan fingerprint density at radius 3 is 2.57 bits per heavy atom. The molecule has 1 aliphatic heterocycles. The van der Waals surface area contributed by atoms with E-state index in [1.807, 2.05) is 6.07 Å². The number of aromatic nitrogens is 4. The summed E-state index contributed by atoms with van der Waals surface area (Å²) < 4.78 is 40.2. The van der Waals surface area contributed by atoms with Crippen molar-refractivity contribution in [3.63, 3.8) is 0 Å². The molecule has 2 fully saturated rings. The van der Waals surface area contributed by atoms with Gasteiger partial charge in [-0.1, -0.05) is 12.1 Å². The van der Waals surface area contributed by atoms with Crippen LogP contribution in [-0.2, 0) is 9.47 Å². The van der Waals surface area contributed by atoms with E-state index in [1.165, 1.54) is 4.57 Å². The third-order valence-corrected chi connectivity index (χ3v) is 7.18. The molecule has 1 saturated carbocycles. The van der Waals surface area contributed by atoms with Gasteiger partial charge in [0, 0.05) is 45.4 Å². The molecule has 1 aromatic carbocycles. The molecule has 1 saturated heterocycles. The molecule has 2 aromatic heterocycles. The largest absolute Gasteiger partial charge is 0.383 e. The number of hydrogen-bond donors (Lipinski definition) is 2. The van der Waals surface area contributed by atoms with Crippen molar-refractivity contribution >= 4 is 22.8 Å². The first-order chi connectivity index (χ1) is 18.1. The van der Waals surface area contributed by atoms with Crippen LogP contribution in [0.15, 0.2) is 30.3 Å². The highest BCUT2D eigenvalue weighted by Gasteiger charge is 2.24. The molecule has 2 N–H and O–H groups in total. The van der Waals surface area contributed by atoms with Gasteiger partial charge in [0.15, 0.2) is 5.82 Å². The summed E-state index contributed by atoms with van der Waals surface area (Å²) in [4.78, 5) is 15.8. The first kappa shape index (κ1) is 25.7. The average molecular weight is 516 g/mol. The second-order valence-electron chi connectivity index (χ2n) is 9.65. The first-order valence-corrected chi connectivity index (χ1v) is 13.1. The summed E-state index contributed by atoms with van der Waals surface area (Å²) in [5.74, 6) is 1.70. The number of alkyl halides is 2. The van der Waals surface area contributed by atoms with Crippen LogP contribution in [-0.4, -0.2) is 78.7 Å². The number of hydrogen-bond acceptors (Lipinski definition) is 8. The lowest BCUT2D eigenvalue weighted by Gasteiger charge is -2.30. The minimum atomic E-state index is -2.74. The summed E-state index contributed by atoms with van der Waals surface area (Å²) in [6, 6.07) is 9.44. The molecule has 0 atom stereocenters. The van der Waals surface area contributed by atoms with Crippen LogP contribution in [0.4, 0.5) is 20.5 Å². The summed E-state index contributed by atoms with van der Waals surface area (Å²) in [7, 11) is 1.72. The number of halogens is 2. The van der Waals surface area contributed by atoms with Gasteiger partial charge in [0.2, 0.25) is 5.95 Å². The monoisotopic (exact) mass is 515 g/mol. The molecule has 37 heavy (non-hydrogen) atoms. The summed E-state index contributed by atoms with van der Waals surface area (Å²) in [6.07, 6.45) is 1.71. The van der Waals surface area contributed by atoms with Gasteiger partial charge in [-0.2, -0.15) is 9.97 Å². The molecule has 0 radical (unpaired) electrons. The Morgan fingerprint density at radius 2 is 1.81 bits per heavy atom. The number of imidazole rings is 1. The zero-order valence-electron chi connectivity index (χ0n) is 21.2. The molecule has 11 heteroatoms. The number of ether oxygens (including phenoxy) is 2. The van der Waals surface area contributed by atoms with Crippen LogP contribution in [0, 0.1) is 5.92 Å². The van der Waals surface area contributed by atoms with Crippen LogP contribution in [0.25, 0.3) is 16.9 Å². The maximum absolute atomic E-state index is 14.0. The highest BCUT2D eigenvalue weighted by atomic mass is 19.3. The molecule has 0 spiro atoms. The number of nitrogens with one attached hydrogen (secondary N) is 2. The normalized spacial score (nSPS) is 20.6. The quantitative estimate of drug-likeness (QED) is 0.394. The number of nitrogens with zero attached hydrogens (tertiary/aromatic N) is 5. The van der Waals surface area contributed by atoms with Crippen LogP contribution in [0.3, 0.4) is 0 Å². The van der Waals surface area contributed by atoms with Gasteiger partial charge in [-0.3, -0.25) is 4.57 Å². The van der Waals surface area contributed by atoms with Crippen LogP contribution in [0.5, 0.6) is 0 Å². The summed E-state index contributed by atoms with van der Waals surface area (Å²) in [6.45, 7) is 4.90. The van der Waals surface area contributed by atoms with Crippen LogP contribution in [0.2, 0.25) is 0 Å². The molecule has 3 aromatic rings. The summed E-state index contributed by atoms with van der Waals surface area (Å²) in [5, 5.41) is 6.98. The molecular weight excluding hydrogens is 480 g/mol. The highest BCUT2D eigenvalue weighted by Crippen LogP contribution is 2.30. The molecule has 9 nitrogen and oxygen atoms in total. The fourth-order valence-corrected chi connectivity index (χ4v) is 5.17. The minimum Gasteiger partial charge on any atom is -0.383 e. The van der Waals surface area contributed by atoms with Gasteiger partial charge in [-0.05, 0) is 43.7 Å². The predicted molar refractivity (Wildman–Crippen MR) is 139 cm³/mol. The van der Waals surface area contributed by atoms with Crippen LogP contribution >= 0.6 is 0 Å². The number of morpholine rings is 1. The number of benzene rings is 1. The lowest BCUT2D eigenvalue weighted by molar-refractivity contribution is 0.122. The van der Waals surface area contributed by atoms with Gasteiger partial charge < -0.3 is 25.0 Å². The molecule has 0 bridgehead atoms. The lowest BCUT2D eigenvalue weighted by Crippen LogP contribution is -2.37. The van der Waals surface area contributed by atoms with E-state index < -0.39 is 6.43 Å². The molecular formula is C26H35F2N7O2. The van der Waals surface area contributed by atoms with Crippen molar-refractivity contribution in [2.45, 2.75) is 38.2 Å². The van der Waals surface area contributed by atoms with E-state index in [1.54, 1.807) is 31.4 Å². The Hall–Kier alpha value is -2.89. The molecule has 2 aliphatic rings. The second-order valence-corrected chi connectivity index (χ2v) is 9.65. The third-order valence-electron chi connectivity index (χ3n) is 7.18. The molecule has 1 aliphatic carbocycles. The Kier molecular flexibility index (Phi) is 8.42. The summed E-state index contributed by atoms with van der Waals surface area (Å²) in [5.41, 5.74) is 1.10. The number of para-hydroxylation sites is 2. The van der Waals surface area contributed by atoms with Crippen molar-refractivity contribution in [2.24, 2.45) is 5.92 Å². The first-order valence-electron chi connectivity index (χ1n) is 13.1. The number of anilines is 2. The number of rotatable bonds is 10. The van der Waals surface area contributed by atoms with Crippen molar-refractivity contribution in [1.29, 1.82) is 0 Å². The Balaban J connectivity index is 1.38. The minimum absolute atomic E-state index is 0.321. The van der Waals surface area contributed by atoms with Gasteiger partial charge in [0.1, 0.15) is 11.6 Å². The van der Waals surface area contributed by atoms with E-state index in [2.05, 4.69) is 20.5 Å². The second kappa shape index (κ2) is 12.1. The van der Waals surface area contributed by atoms with Gasteiger partial charge >= 0.3 is 0 Å². The van der Waals surface area contributed by atoms with Crippen molar-refractivity contribution in [1.82, 2.24) is 24.8 Å². The SMILES string of the molecule is COCCN[C@H]1CC[C@H](CNc2nc(N3CCOCC3)cc(-n3c(C(F)F)nc4ccccc43)n2)CC1. The molecule has 0 amide bonds.